The molecule has 0 aliphatic heterocycles. The third kappa shape index (κ3) is 4.66. The molecule has 2 amide bonds. The fraction of sp³-hybridized carbons (Fsp3) is 0.208. The molecule has 1 heterocycles. The van der Waals surface area contributed by atoms with Crippen LogP contribution in [0.2, 0.25) is 0 Å². The molecular formula is C24H26N4O3. The molecule has 0 unspecified atom stereocenters. The van der Waals surface area contributed by atoms with E-state index >= 15 is 0 Å². The minimum absolute atomic E-state index is 0.409. The van der Waals surface area contributed by atoms with Gasteiger partial charge < -0.3 is 14.6 Å². The smallest absolute Gasteiger partial charge is 0.329 e. The Morgan fingerprint density at radius 2 is 1.65 bits per heavy atom. The molecular weight excluding hydrogens is 392 g/mol. The zero-order valence-electron chi connectivity index (χ0n) is 18.3. The number of carbonyl (C=O) groups excluding carboxylic acids is 2. The van der Waals surface area contributed by atoms with Crippen LogP contribution in [0.1, 0.15) is 28.1 Å². The Morgan fingerprint density at radius 1 is 0.968 bits per heavy atom. The summed E-state index contributed by atoms with van der Waals surface area (Å²) in [6.07, 6.45) is 1.54. The SMILES string of the molecule is COc1ccccc1NC(=O)C(=O)N/N=C\c1cc(C)n(-c2c(C)cccc2C)c1C. The van der Waals surface area contributed by atoms with Gasteiger partial charge in [0.2, 0.25) is 0 Å². The molecule has 0 atom stereocenters. The van der Waals surface area contributed by atoms with Gasteiger partial charge in [-0.3, -0.25) is 9.59 Å². The van der Waals surface area contributed by atoms with Crippen molar-refractivity contribution in [3.63, 3.8) is 0 Å². The van der Waals surface area contributed by atoms with E-state index in [4.69, 9.17) is 4.74 Å². The average Bonchev–Trinajstić information content (AvgIpc) is 3.02. The summed E-state index contributed by atoms with van der Waals surface area (Å²) in [5, 5.41) is 6.49. The maximum absolute atomic E-state index is 12.2. The van der Waals surface area contributed by atoms with E-state index in [0.29, 0.717) is 11.4 Å². The summed E-state index contributed by atoms with van der Waals surface area (Å²) >= 11 is 0. The van der Waals surface area contributed by atoms with Gasteiger partial charge in [0, 0.05) is 17.0 Å². The highest BCUT2D eigenvalue weighted by atomic mass is 16.5. The van der Waals surface area contributed by atoms with E-state index in [1.807, 2.05) is 26.0 Å². The van der Waals surface area contributed by atoms with Crippen molar-refractivity contribution in [1.29, 1.82) is 0 Å². The molecule has 31 heavy (non-hydrogen) atoms. The van der Waals surface area contributed by atoms with Crippen LogP contribution in [0.3, 0.4) is 0 Å². The van der Waals surface area contributed by atoms with Gasteiger partial charge in [-0.15, -0.1) is 0 Å². The second-order valence-electron chi connectivity index (χ2n) is 7.26. The monoisotopic (exact) mass is 418 g/mol. The minimum atomic E-state index is -0.870. The van der Waals surface area contributed by atoms with Crippen LogP contribution in [0.25, 0.3) is 5.69 Å². The Kier molecular flexibility index (Phi) is 6.55. The third-order valence-corrected chi connectivity index (χ3v) is 5.06. The fourth-order valence-corrected chi connectivity index (χ4v) is 3.56. The van der Waals surface area contributed by atoms with Crippen LogP contribution >= 0.6 is 0 Å². The third-order valence-electron chi connectivity index (χ3n) is 5.06. The summed E-state index contributed by atoms with van der Waals surface area (Å²) in [6.45, 7) is 8.18. The number of hydrazone groups is 1. The first-order valence-electron chi connectivity index (χ1n) is 9.86. The van der Waals surface area contributed by atoms with Crippen molar-refractivity contribution in [2.45, 2.75) is 27.7 Å². The molecule has 2 aromatic carbocycles. The number of methoxy groups -OCH3 is 1. The van der Waals surface area contributed by atoms with Crippen LogP contribution < -0.4 is 15.5 Å². The number of amides is 2. The van der Waals surface area contributed by atoms with Crippen molar-refractivity contribution >= 4 is 23.7 Å². The molecule has 7 heteroatoms. The maximum atomic E-state index is 12.2. The van der Waals surface area contributed by atoms with Crippen molar-refractivity contribution in [3.8, 4) is 11.4 Å². The standard InChI is InChI=1S/C24H26N4O3/c1-15-9-8-10-16(2)22(15)28-17(3)13-19(18(28)4)14-25-27-24(30)23(29)26-20-11-6-7-12-21(20)31-5/h6-14H,1-5H3,(H,26,29)(H,27,30)/b25-14-. The second-order valence-corrected chi connectivity index (χ2v) is 7.26. The molecule has 3 rings (SSSR count). The Morgan fingerprint density at radius 3 is 2.32 bits per heavy atom. The molecule has 2 N–H and O–H groups in total. The number of ether oxygens (including phenoxy) is 1. The lowest BCUT2D eigenvalue weighted by Gasteiger charge is -2.15. The van der Waals surface area contributed by atoms with Crippen molar-refractivity contribution in [1.82, 2.24) is 9.99 Å². The van der Waals surface area contributed by atoms with Gasteiger partial charge in [0.1, 0.15) is 5.75 Å². The van der Waals surface area contributed by atoms with E-state index in [2.05, 4.69) is 46.4 Å². The summed E-state index contributed by atoms with van der Waals surface area (Å²) in [6, 6.07) is 15.0. The summed E-state index contributed by atoms with van der Waals surface area (Å²) in [5.74, 6) is -1.24. The number of carbonyl (C=O) groups is 2. The first-order chi connectivity index (χ1) is 14.8. The van der Waals surface area contributed by atoms with E-state index in [1.165, 1.54) is 18.2 Å². The van der Waals surface area contributed by atoms with Crippen LogP contribution in [0.4, 0.5) is 5.69 Å². The number of rotatable bonds is 5. The van der Waals surface area contributed by atoms with E-state index in [0.717, 1.165) is 22.6 Å². The largest absolute Gasteiger partial charge is 0.495 e. The van der Waals surface area contributed by atoms with Gasteiger partial charge >= 0.3 is 11.8 Å². The lowest BCUT2D eigenvalue weighted by molar-refractivity contribution is -0.136. The first kappa shape index (κ1) is 21.8. The van der Waals surface area contributed by atoms with Gasteiger partial charge in [0.25, 0.3) is 0 Å². The van der Waals surface area contributed by atoms with Gasteiger partial charge in [-0.2, -0.15) is 5.10 Å². The molecule has 0 saturated carbocycles. The quantitative estimate of drug-likeness (QED) is 0.375. The normalized spacial score (nSPS) is 10.9. The van der Waals surface area contributed by atoms with Gasteiger partial charge in [0.15, 0.2) is 0 Å². The Labute approximate surface area is 181 Å². The molecule has 0 bridgehead atoms. The number of anilines is 1. The zero-order valence-corrected chi connectivity index (χ0v) is 18.3. The summed E-state index contributed by atoms with van der Waals surface area (Å²) in [4.78, 5) is 24.3. The van der Waals surface area contributed by atoms with Crippen LogP contribution in [-0.4, -0.2) is 29.7 Å². The highest BCUT2D eigenvalue weighted by Crippen LogP contribution is 2.25. The van der Waals surface area contributed by atoms with Gasteiger partial charge in [-0.1, -0.05) is 30.3 Å². The van der Waals surface area contributed by atoms with E-state index in [-0.39, 0.29) is 0 Å². The maximum Gasteiger partial charge on any atom is 0.329 e. The molecule has 0 fully saturated rings. The van der Waals surface area contributed by atoms with Crippen LogP contribution in [-0.2, 0) is 9.59 Å². The number of hydrogen-bond acceptors (Lipinski definition) is 4. The molecule has 0 saturated heterocycles. The summed E-state index contributed by atoms with van der Waals surface area (Å²) in [5.41, 5.74) is 9.06. The number of aryl methyl sites for hydroxylation is 3. The summed E-state index contributed by atoms with van der Waals surface area (Å²) < 4.78 is 7.34. The first-order valence-corrected chi connectivity index (χ1v) is 9.86. The molecule has 160 valence electrons. The topological polar surface area (TPSA) is 84.7 Å². The van der Waals surface area contributed by atoms with Gasteiger partial charge in [-0.25, -0.2) is 5.43 Å². The predicted octanol–water partition coefficient (Wildman–Crippen LogP) is 3.81. The molecule has 7 nitrogen and oxygen atoms in total. The van der Waals surface area contributed by atoms with Crippen molar-refractivity contribution in [2.75, 3.05) is 12.4 Å². The van der Waals surface area contributed by atoms with E-state index < -0.39 is 11.8 Å². The molecule has 3 aromatic rings. The Bertz CT molecular complexity index is 1140. The van der Waals surface area contributed by atoms with Crippen LogP contribution in [0, 0.1) is 27.7 Å². The van der Waals surface area contributed by atoms with Crippen molar-refractivity contribution in [2.24, 2.45) is 5.10 Å². The second kappa shape index (κ2) is 9.30. The molecule has 1 aromatic heterocycles. The number of hydrogen-bond donors (Lipinski definition) is 2. The van der Waals surface area contributed by atoms with Gasteiger partial charge in [0.05, 0.1) is 24.7 Å². The molecule has 0 radical (unpaired) electrons. The number of aromatic nitrogens is 1. The minimum Gasteiger partial charge on any atom is -0.495 e. The lowest BCUT2D eigenvalue weighted by atomic mass is 10.1. The molecule has 0 aliphatic rings. The van der Waals surface area contributed by atoms with Crippen LogP contribution in [0.5, 0.6) is 5.75 Å². The zero-order chi connectivity index (χ0) is 22.5. The van der Waals surface area contributed by atoms with Crippen LogP contribution in [0.15, 0.2) is 53.6 Å². The van der Waals surface area contributed by atoms with E-state index in [9.17, 15) is 9.59 Å². The lowest BCUT2D eigenvalue weighted by Crippen LogP contribution is -2.32. The van der Waals surface area contributed by atoms with Gasteiger partial charge in [-0.05, 0) is 57.0 Å². The highest BCUT2D eigenvalue weighted by molar-refractivity contribution is 6.39. The Balaban J connectivity index is 1.73. The summed E-state index contributed by atoms with van der Waals surface area (Å²) in [7, 11) is 1.49. The highest BCUT2D eigenvalue weighted by Gasteiger charge is 2.16. The fourth-order valence-electron chi connectivity index (χ4n) is 3.56. The number of para-hydroxylation sites is 3. The number of nitrogens with one attached hydrogen (secondary N) is 2. The average molecular weight is 418 g/mol. The predicted molar refractivity (Wildman–Crippen MR) is 122 cm³/mol. The van der Waals surface area contributed by atoms with E-state index in [1.54, 1.807) is 30.5 Å². The number of benzene rings is 2. The number of nitrogens with zero attached hydrogens (tertiary/aromatic N) is 2. The molecule has 0 spiro atoms. The Hall–Kier alpha value is -3.87. The molecule has 0 aliphatic carbocycles. The van der Waals surface area contributed by atoms with Crippen molar-refractivity contribution in [3.05, 3.63) is 76.6 Å². The van der Waals surface area contributed by atoms with Crippen molar-refractivity contribution < 1.29 is 14.3 Å².